The summed E-state index contributed by atoms with van der Waals surface area (Å²) in [6.45, 7) is 0. The number of aryl methyl sites for hydroxylation is 2. The molecule has 0 fully saturated rings. The second-order valence-corrected chi connectivity index (χ2v) is 7.14. The van der Waals surface area contributed by atoms with Crippen LogP contribution in [0.3, 0.4) is 0 Å². The van der Waals surface area contributed by atoms with Crippen LogP contribution in [0, 0.1) is 0 Å². The first-order chi connectivity index (χ1) is 11.0. The van der Waals surface area contributed by atoms with Gasteiger partial charge in [0.2, 0.25) is 0 Å². The molecule has 0 aromatic heterocycles. The highest BCUT2D eigenvalue weighted by Crippen LogP contribution is 2.26. The van der Waals surface area contributed by atoms with Crippen molar-refractivity contribution in [3.8, 4) is 0 Å². The lowest BCUT2D eigenvalue weighted by Crippen LogP contribution is -2.14. The van der Waals surface area contributed by atoms with E-state index in [4.69, 9.17) is 0 Å². The van der Waals surface area contributed by atoms with Crippen LogP contribution < -0.4 is 4.72 Å². The minimum atomic E-state index is -3.69. The van der Waals surface area contributed by atoms with Gasteiger partial charge in [0.15, 0.2) is 0 Å². The summed E-state index contributed by atoms with van der Waals surface area (Å²) in [5, 5.41) is 0. The van der Waals surface area contributed by atoms with Crippen molar-refractivity contribution in [2.75, 3.05) is 11.8 Å². The molecule has 1 N–H and O–H groups in total. The first-order valence-corrected chi connectivity index (χ1v) is 8.81. The van der Waals surface area contributed by atoms with Crippen LogP contribution in [-0.2, 0) is 27.6 Å². The lowest BCUT2D eigenvalue weighted by Gasteiger charge is -2.10. The number of hydrogen-bond donors (Lipinski definition) is 1. The van der Waals surface area contributed by atoms with Crippen molar-refractivity contribution in [2.24, 2.45) is 0 Å². The van der Waals surface area contributed by atoms with Crippen LogP contribution >= 0.6 is 0 Å². The monoisotopic (exact) mass is 331 g/mol. The normalized spacial score (nSPS) is 13.4. The summed E-state index contributed by atoms with van der Waals surface area (Å²) in [6.07, 6.45) is 2.98. The fraction of sp³-hybridized carbons (Fsp3) is 0.235. The number of carbonyl (C=O) groups is 1. The third-order valence-electron chi connectivity index (χ3n) is 3.92. The molecule has 23 heavy (non-hydrogen) atoms. The maximum absolute atomic E-state index is 12.5. The summed E-state index contributed by atoms with van der Waals surface area (Å²) in [6, 6.07) is 11.5. The minimum Gasteiger partial charge on any atom is -0.465 e. The maximum Gasteiger partial charge on any atom is 0.337 e. The molecule has 5 nitrogen and oxygen atoms in total. The van der Waals surface area contributed by atoms with Gasteiger partial charge < -0.3 is 4.74 Å². The lowest BCUT2D eigenvalue weighted by atomic mass is 10.1. The van der Waals surface area contributed by atoms with E-state index in [9.17, 15) is 13.2 Å². The van der Waals surface area contributed by atoms with Crippen LogP contribution in [0.5, 0.6) is 0 Å². The number of esters is 1. The molecule has 0 amide bonds. The zero-order valence-electron chi connectivity index (χ0n) is 12.7. The molecule has 120 valence electrons. The number of nitrogens with one attached hydrogen (secondary N) is 1. The summed E-state index contributed by atoms with van der Waals surface area (Å²) < 4.78 is 32.2. The second-order valence-electron chi connectivity index (χ2n) is 5.46. The summed E-state index contributed by atoms with van der Waals surface area (Å²) in [4.78, 5) is 11.8. The fourth-order valence-electron chi connectivity index (χ4n) is 2.76. The number of hydrogen-bond acceptors (Lipinski definition) is 4. The highest BCUT2D eigenvalue weighted by molar-refractivity contribution is 7.92. The Morgan fingerprint density at radius 1 is 1.09 bits per heavy atom. The van der Waals surface area contributed by atoms with Gasteiger partial charge in [-0.05, 0) is 60.7 Å². The molecule has 6 heteroatoms. The van der Waals surface area contributed by atoms with E-state index >= 15 is 0 Å². The zero-order valence-corrected chi connectivity index (χ0v) is 13.5. The molecule has 0 aliphatic heterocycles. The van der Waals surface area contributed by atoms with Crippen molar-refractivity contribution in [3.63, 3.8) is 0 Å². The molecule has 0 heterocycles. The smallest absolute Gasteiger partial charge is 0.337 e. The van der Waals surface area contributed by atoms with Crippen molar-refractivity contribution in [1.82, 2.24) is 0 Å². The number of rotatable bonds is 4. The van der Waals surface area contributed by atoms with Gasteiger partial charge in [-0.1, -0.05) is 12.1 Å². The number of sulfonamides is 1. The van der Waals surface area contributed by atoms with E-state index < -0.39 is 16.0 Å². The molecular weight excluding hydrogens is 314 g/mol. The number of carbonyl (C=O) groups excluding carboxylic acids is 1. The van der Waals surface area contributed by atoms with E-state index in [1.807, 2.05) is 6.07 Å². The van der Waals surface area contributed by atoms with Crippen molar-refractivity contribution >= 4 is 21.7 Å². The maximum atomic E-state index is 12.5. The van der Waals surface area contributed by atoms with Crippen LogP contribution in [-0.4, -0.2) is 21.5 Å². The predicted octanol–water partition coefficient (Wildman–Crippen LogP) is 2.76. The van der Waals surface area contributed by atoms with E-state index in [1.165, 1.54) is 18.7 Å². The molecule has 0 atom stereocenters. The topological polar surface area (TPSA) is 72.5 Å². The van der Waals surface area contributed by atoms with Crippen LogP contribution in [0.15, 0.2) is 47.4 Å². The number of benzene rings is 2. The van der Waals surface area contributed by atoms with E-state index in [2.05, 4.69) is 9.46 Å². The van der Waals surface area contributed by atoms with Gasteiger partial charge in [-0.15, -0.1) is 0 Å². The molecule has 0 unspecified atom stereocenters. The van der Waals surface area contributed by atoms with Crippen molar-refractivity contribution in [3.05, 3.63) is 59.2 Å². The molecule has 1 aliphatic carbocycles. The molecule has 0 radical (unpaired) electrons. The van der Waals surface area contributed by atoms with Crippen LogP contribution in [0.2, 0.25) is 0 Å². The Bertz CT molecular complexity index is 859. The summed E-state index contributed by atoms with van der Waals surface area (Å²) in [5.74, 6) is -0.511. The van der Waals surface area contributed by atoms with Gasteiger partial charge in [-0.25, -0.2) is 13.2 Å². The van der Waals surface area contributed by atoms with E-state index in [-0.39, 0.29) is 4.90 Å². The first kappa shape index (κ1) is 15.6. The second kappa shape index (κ2) is 6.04. The van der Waals surface area contributed by atoms with Crippen LogP contribution in [0.1, 0.15) is 27.9 Å². The van der Waals surface area contributed by atoms with E-state index in [1.54, 1.807) is 30.3 Å². The third kappa shape index (κ3) is 3.22. The molecule has 0 spiro atoms. The molecular formula is C17H17NO4S. The van der Waals surface area contributed by atoms with Gasteiger partial charge in [-0.3, -0.25) is 4.72 Å². The Balaban J connectivity index is 1.88. The molecule has 0 saturated heterocycles. The lowest BCUT2D eigenvalue weighted by molar-refractivity contribution is 0.0601. The summed E-state index contributed by atoms with van der Waals surface area (Å²) >= 11 is 0. The SMILES string of the molecule is COC(=O)c1cccc(NS(=O)(=O)c2ccc3c(c2)CCC3)c1. The van der Waals surface area contributed by atoms with Crippen molar-refractivity contribution < 1.29 is 17.9 Å². The molecule has 1 aliphatic rings. The van der Waals surface area contributed by atoms with Gasteiger partial charge in [0.05, 0.1) is 17.6 Å². The van der Waals surface area contributed by atoms with Crippen molar-refractivity contribution in [1.29, 1.82) is 0 Å². The largest absolute Gasteiger partial charge is 0.465 e. The standard InChI is InChI=1S/C17H17NO4S/c1-22-17(19)14-6-3-7-15(10-14)18-23(20,21)16-9-8-12-4-2-5-13(12)11-16/h3,6-11,18H,2,4-5H2,1H3. The Morgan fingerprint density at radius 3 is 2.65 bits per heavy atom. The van der Waals surface area contributed by atoms with E-state index in [0.29, 0.717) is 11.3 Å². The van der Waals surface area contributed by atoms with Crippen LogP contribution in [0.25, 0.3) is 0 Å². The zero-order chi connectivity index (χ0) is 16.4. The van der Waals surface area contributed by atoms with Gasteiger partial charge in [-0.2, -0.15) is 0 Å². The molecule has 3 rings (SSSR count). The average molecular weight is 331 g/mol. The molecule has 0 saturated carbocycles. The molecule has 2 aromatic rings. The van der Waals surface area contributed by atoms with Gasteiger partial charge in [0.25, 0.3) is 10.0 Å². The number of methoxy groups -OCH3 is 1. The Morgan fingerprint density at radius 2 is 1.87 bits per heavy atom. The van der Waals surface area contributed by atoms with Gasteiger partial charge >= 0.3 is 5.97 Å². The third-order valence-corrected chi connectivity index (χ3v) is 5.30. The van der Waals surface area contributed by atoms with E-state index in [0.717, 1.165) is 24.8 Å². The Labute approximate surface area is 135 Å². The van der Waals surface area contributed by atoms with Crippen LogP contribution in [0.4, 0.5) is 5.69 Å². The Hall–Kier alpha value is -2.34. The van der Waals surface area contributed by atoms with Crippen molar-refractivity contribution in [2.45, 2.75) is 24.2 Å². The number of anilines is 1. The fourth-order valence-corrected chi connectivity index (χ4v) is 3.86. The minimum absolute atomic E-state index is 0.238. The summed E-state index contributed by atoms with van der Waals surface area (Å²) in [5.41, 5.74) is 2.93. The summed E-state index contributed by atoms with van der Waals surface area (Å²) in [7, 11) is -2.40. The quantitative estimate of drug-likeness (QED) is 0.875. The van der Waals surface area contributed by atoms with Gasteiger partial charge in [0, 0.05) is 5.69 Å². The number of ether oxygens (including phenoxy) is 1. The average Bonchev–Trinajstić information content (AvgIpc) is 3.01. The highest BCUT2D eigenvalue weighted by Gasteiger charge is 2.19. The highest BCUT2D eigenvalue weighted by atomic mass is 32.2. The first-order valence-electron chi connectivity index (χ1n) is 7.32. The molecule has 0 bridgehead atoms. The molecule has 2 aromatic carbocycles. The predicted molar refractivity (Wildman–Crippen MR) is 87.1 cm³/mol. The van der Waals surface area contributed by atoms with Gasteiger partial charge in [0.1, 0.15) is 0 Å². The Kier molecular flexibility index (Phi) is 4.09. The number of fused-ring (bicyclic) bond motifs is 1.